The fourth-order valence-electron chi connectivity index (χ4n) is 1.98. The van der Waals surface area contributed by atoms with Gasteiger partial charge in [-0.05, 0) is 30.3 Å². The molecule has 2 aromatic carbocycles. The highest BCUT2D eigenvalue weighted by atomic mass is 35.5. The minimum atomic E-state index is -2.96. The second-order valence-corrected chi connectivity index (χ2v) is 6.29. The van der Waals surface area contributed by atoms with Crippen molar-refractivity contribution >= 4 is 40.6 Å². The lowest BCUT2D eigenvalue weighted by molar-refractivity contribution is -0.114. The number of nitrogens with one attached hydrogen (secondary N) is 2. The van der Waals surface area contributed by atoms with E-state index in [4.69, 9.17) is 16.9 Å². The number of nitrogens with zero attached hydrogens (tertiary/aromatic N) is 1. The Balaban J connectivity index is 1.93. The lowest BCUT2D eigenvalue weighted by Gasteiger charge is -2.12. The number of ether oxygens (including phenoxy) is 1. The van der Waals surface area contributed by atoms with Crippen molar-refractivity contribution in [3.05, 3.63) is 47.5 Å². The number of halogens is 3. The number of alkyl halides is 2. The molecule has 2 aromatic rings. The van der Waals surface area contributed by atoms with Crippen molar-refractivity contribution in [3.63, 3.8) is 0 Å². The zero-order valence-corrected chi connectivity index (χ0v) is 14.9. The van der Waals surface area contributed by atoms with E-state index < -0.39 is 6.61 Å². The van der Waals surface area contributed by atoms with Crippen LogP contribution in [0.2, 0.25) is 5.02 Å². The number of para-hydroxylation sites is 1. The highest BCUT2D eigenvalue weighted by molar-refractivity contribution is 7.99. The second kappa shape index (κ2) is 9.85. The van der Waals surface area contributed by atoms with Crippen LogP contribution in [0.1, 0.15) is 0 Å². The van der Waals surface area contributed by atoms with Crippen molar-refractivity contribution in [3.8, 4) is 11.8 Å². The fourth-order valence-corrected chi connectivity index (χ4v) is 2.88. The van der Waals surface area contributed by atoms with Crippen LogP contribution in [0.25, 0.3) is 0 Å². The third-order valence-corrected chi connectivity index (χ3v) is 4.29. The Bertz CT molecular complexity index is 815. The van der Waals surface area contributed by atoms with Crippen molar-refractivity contribution in [2.45, 2.75) is 11.5 Å². The summed E-state index contributed by atoms with van der Waals surface area (Å²) in [5.74, 6) is -0.171. The molecule has 5 nitrogen and oxygen atoms in total. The van der Waals surface area contributed by atoms with Crippen LogP contribution in [0.3, 0.4) is 0 Å². The molecule has 0 aromatic heterocycles. The summed E-state index contributed by atoms with van der Waals surface area (Å²) in [6.45, 7) is -3.01. The quantitative estimate of drug-likeness (QED) is 0.636. The summed E-state index contributed by atoms with van der Waals surface area (Å²) in [7, 11) is 0. The van der Waals surface area contributed by atoms with Gasteiger partial charge in [0.2, 0.25) is 5.91 Å². The number of carbonyl (C=O) groups excluding carboxylic acids is 1. The maximum atomic E-state index is 12.2. The van der Waals surface area contributed by atoms with E-state index in [1.54, 1.807) is 12.1 Å². The Labute approximate surface area is 158 Å². The third kappa shape index (κ3) is 6.10. The molecule has 0 aliphatic rings. The van der Waals surface area contributed by atoms with Gasteiger partial charge in [-0.15, -0.1) is 11.8 Å². The van der Waals surface area contributed by atoms with Crippen molar-refractivity contribution in [2.75, 3.05) is 22.9 Å². The molecular formula is C17H14ClF2N3O2S. The van der Waals surface area contributed by atoms with E-state index in [9.17, 15) is 13.6 Å². The van der Waals surface area contributed by atoms with Crippen LogP contribution in [0, 0.1) is 11.3 Å². The number of thioether (sulfide) groups is 1. The number of rotatable bonds is 8. The van der Waals surface area contributed by atoms with Crippen molar-refractivity contribution < 1.29 is 18.3 Å². The number of carbonyl (C=O) groups is 1. The highest BCUT2D eigenvalue weighted by Crippen LogP contribution is 2.29. The molecule has 2 N–H and O–H groups in total. The van der Waals surface area contributed by atoms with Gasteiger partial charge in [0.05, 0.1) is 29.1 Å². The van der Waals surface area contributed by atoms with Crippen molar-refractivity contribution in [1.82, 2.24) is 0 Å². The van der Waals surface area contributed by atoms with Gasteiger partial charge in [0.25, 0.3) is 0 Å². The third-order valence-electron chi connectivity index (χ3n) is 3.05. The predicted molar refractivity (Wildman–Crippen MR) is 98.0 cm³/mol. The second-order valence-electron chi connectivity index (χ2n) is 4.87. The Morgan fingerprint density at radius 1 is 1.31 bits per heavy atom. The topological polar surface area (TPSA) is 74.2 Å². The Hall–Kier alpha value is -2.50. The van der Waals surface area contributed by atoms with Gasteiger partial charge in [0.1, 0.15) is 5.75 Å². The lowest BCUT2D eigenvalue weighted by Crippen LogP contribution is -2.22. The molecule has 2 rings (SSSR count). The Kier molecular flexibility index (Phi) is 7.51. The largest absolute Gasteiger partial charge is 0.433 e. The van der Waals surface area contributed by atoms with Crippen molar-refractivity contribution in [1.29, 1.82) is 5.26 Å². The summed E-state index contributed by atoms with van der Waals surface area (Å²) in [5.41, 5.74) is 1.09. The molecule has 0 aliphatic carbocycles. The van der Waals surface area contributed by atoms with E-state index in [1.807, 2.05) is 18.2 Å². The predicted octanol–water partition coefficient (Wildman–Crippen LogP) is 4.61. The summed E-state index contributed by atoms with van der Waals surface area (Å²) >= 11 is 7.18. The van der Waals surface area contributed by atoms with Crippen LogP contribution >= 0.6 is 23.4 Å². The van der Waals surface area contributed by atoms with Gasteiger partial charge in [-0.2, -0.15) is 14.0 Å². The van der Waals surface area contributed by atoms with Gasteiger partial charge in [-0.1, -0.05) is 23.7 Å². The van der Waals surface area contributed by atoms with E-state index in [2.05, 4.69) is 15.4 Å². The van der Waals surface area contributed by atoms with Gasteiger partial charge in [0.15, 0.2) is 0 Å². The zero-order chi connectivity index (χ0) is 18.9. The Morgan fingerprint density at radius 2 is 2.08 bits per heavy atom. The lowest BCUT2D eigenvalue weighted by atomic mass is 10.3. The van der Waals surface area contributed by atoms with Crippen LogP contribution in [-0.2, 0) is 4.79 Å². The standard InChI is InChI=1S/C17H14ClF2N3O2S/c18-12-9-11(5-6-14(12)25-17(19)20)22-10-16(24)23-13-3-1-2-4-15(13)26-8-7-21/h1-6,9,17,22H,8,10H2,(H,23,24). The van der Waals surface area contributed by atoms with E-state index >= 15 is 0 Å². The first-order chi connectivity index (χ1) is 12.5. The molecule has 0 unspecified atom stereocenters. The summed E-state index contributed by atoms with van der Waals surface area (Å²) in [5, 5.41) is 14.3. The number of anilines is 2. The van der Waals surface area contributed by atoms with Crippen LogP contribution < -0.4 is 15.4 Å². The van der Waals surface area contributed by atoms with Gasteiger partial charge in [0, 0.05) is 10.6 Å². The first-order valence-corrected chi connectivity index (χ1v) is 8.73. The molecule has 9 heteroatoms. The molecule has 0 bridgehead atoms. The minimum Gasteiger partial charge on any atom is -0.433 e. The average molecular weight is 398 g/mol. The summed E-state index contributed by atoms with van der Waals surface area (Å²) < 4.78 is 28.7. The van der Waals surface area contributed by atoms with E-state index in [1.165, 1.54) is 30.0 Å². The fraction of sp³-hybridized carbons (Fsp3) is 0.176. The molecule has 0 radical (unpaired) electrons. The van der Waals surface area contributed by atoms with E-state index in [0.717, 1.165) is 4.90 Å². The van der Waals surface area contributed by atoms with E-state index in [-0.39, 0.29) is 29.0 Å². The summed E-state index contributed by atoms with van der Waals surface area (Å²) in [6, 6.07) is 13.3. The van der Waals surface area contributed by atoms with Gasteiger partial charge in [-0.25, -0.2) is 0 Å². The van der Waals surface area contributed by atoms with Crippen LogP contribution in [-0.4, -0.2) is 24.8 Å². The first kappa shape index (κ1) is 19.8. The van der Waals surface area contributed by atoms with Gasteiger partial charge in [-0.3, -0.25) is 4.79 Å². The molecule has 26 heavy (non-hydrogen) atoms. The van der Waals surface area contributed by atoms with Gasteiger partial charge >= 0.3 is 6.61 Å². The van der Waals surface area contributed by atoms with Crippen LogP contribution in [0.4, 0.5) is 20.2 Å². The van der Waals surface area contributed by atoms with Crippen molar-refractivity contribution in [2.24, 2.45) is 0 Å². The first-order valence-electron chi connectivity index (χ1n) is 7.36. The molecule has 0 spiro atoms. The monoisotopic (exact) mass is 397 g/mol. The molecule has 0 fully saturated rings. The molecule has 0 heterocycles. The van der Waals surface area contributed by atoms with Crippen LogP contribution in [0.15, 0.2) is 47.4 Å². The number of nitriles is 1. The average Bonchev–Trinajstić information content (AvgIpc) is 2.61. The SMILES string of the molecule is N#CCSc1ccccc1NC(=O)CNc1ccc(OC(F)F)c(Cl)c1. The minimum absolute atomic E-state index is 0.00829. The Morgan fingerprint density at radius 3 is 2.77 bits per heavy atom. The zero-order valence-electron chi connectivity index (χ0n) is 13.3. The molecule has 0 saturated heterocycles. The summed E-state index contributed by atoms with van der Waals surface area (Å²) in [6.07, 6.45) is 0. The molecule has 136 valence electrons. The molecule has 0 saturated carbocycles. The molecular weight excluding hydrogens is 384 g/mol. The number of hydrogen-bond acceptors (Lipinski definition) is 5. The smallest absolute Gasteiger partial charge is 0.387 e. The number of benzene rings is 2. The van der Waals surface area contributed by atoms with E-state index in [0.29, 0.717) is 11.4 Å². The highest BCUT2D eigenvalue weighted by Gasteiger charge is 2.10. The molecule has 1 amide bonds. The normalized spacial score (nSPS) is 10.3. The maximum absolute atomic E-state index is 12.2. The van der Waals surface area contributed by atoms with Crippen LogP contribution in [0.5, 0.6) is 5.75 Å². The molecule has 0 aliphatic heterocycles. The van der Waals surface area contributed by atoms with Gasteiger partial charge < -0.3 is 15.4 Å². The maximum Gasteiger partial charge on any atom is 0.387 e. The number of hydrogen-bond donors (Lipinski definition) is 2. The number of amides is 1. The molecule has 0 atom stereocenters. The summed E-state index contributed by atoms with van der Waals surface area (Å²) in [4.78, 5) is 12.9.